The highest BCUT2D eigenvalue weighted by Crippen LogP contribution is 2.28. The first kappa shape index (κ1) is 32.6. The van der Waals surface area contributed by atoms with Crippen molar-refractivity contribution in [1.82, 2.24) is 19.8 Å². The number of likely N-dealkylation sites (N-methyl/N-ethyl adjacent to an activating group) is 2. The van der Waals surface area contributed by atoms with Gasteiger partial charge in [-0.05, 0) is 99.0 Å². The lowest BCUT2D eigenvalue weighted by atomic mass is 9.98. The number of ether oxygens (including phenoxy) is 2. The van der Waals surface area contributed by atoms with E-state index < -0.39 is 24.4 Å². The van der Waals surface area contributed by atoms with Crippen molar-refractivity contribution in [2.45, 2.75) is 12.5 Å². The van der Waals surface area contributed by atoms with Crippen LogP contribution < -0.4 is 0 Å². The van der Waals surface area contributed by atoms with E-state index in [0.29, 0.717) is 10.0 Å². The summed E-state index contributed by atoms with van der Waals surface area (Å²) in [6, 6.07) is 22.0. The number of nitrogens with zero attached hydrogens (tertiary/aromatic N) is 4. The van der Waals surface area contributed by atoms with Gasteiger partial charge in [0.25, 0.3) is 0 Å². The Kier molecular flexibility index (Phi) is 11.4. The molecule has 0 fully saturated rings. The Morgan fingerprint density at radius 3 is 1.34 bits per heavy atom. The molecule has 2 unspecified atom stereocenters. The molecule has 10 heteroatoms. The van der Waals surface area contributed by atoms with E-state index in [0.717, 1.165) is 33.4 Å². The van der Waals surface area contributed by atoms with Crippen LogP contribution in [-0.4, -0.2) is 72.4 Å². The second-order valence-electron chi connectivity index (χ2n) is 10.2. The van der Waals surface area contributed by atoms with E-state index in [9.17, 15) is 9.59 Å². The fraction of sp³-hybridized carbons (Fsp3) is 0.176. The number of carbonyl (C=O) groups is 2. The lowest BCUT2D eigenvalue weighted by Crippen LogP contribution is -2.38. The molecule has 44 heavy (non-hydrogen) atoms. The fourth-order valence-corrected chi connectivity index (χ4v) is 4.63. The van der Waals surface area contributed by atoms with Crippen molar-refractivity contribution >= 4 is 46.3 Å². The van der Waals surface area contributed by atoms with Crippen LogP contribution in [-0.2, 0) is 19.1 Å². The summed E-state index contributed by atoms with van der Waals surface area (Å²) in [6.45, 7) is 0. The lowest BCUT2D eigenvalue weighted by Gasteiger charge is -2.25. The molecule has 0 saturated carbocycles. The van der Waals surface area contributed by atoms with Crippen LogP contribution >= 0.6 is 23.2 Å². The standard InChI is InChI=1S/C34H32Cl2N4O4/c1-39(2)31(19-29(25-11-7-15-37-21-25)23-9-5-13-27(35)17-23)43-33(41)34(42)44-32(40(3)4)20-30(26-12-8-16-38-22-26)24-10-6-14-28(36)18-24/h5-22,31-32H,1-4H3/b29-19-,30-20-. The Labute approximate surface area is 267 Å². The van der Waals surface area contributed by atoms with E-state index in [-0.39, 0.29) is 0 Å². The molecular formula is C34H32Cl2N4O4. The third-order valence-electron chi connectivity index (χ3n) is 6.47. The third kappa shape index (κ3) is 8.84. The number of halogens is 2. The van der Waals surface area contributed by atoms with Gasteiger partial charge < -0.3 is 9.47 Å². The maximum atomic E-state index is 13.1. The summed E-state index contributed by atoms with van der Waals surface area (Å²) in [4.78, 5) is 38.1. The summed E-state index contributed by atoms with van der Waals surface area (Å²) >= 11 is 12.6. The summed E-state index contributed by atoms with van der Waals surface area (Å²) < 4.78 is 11.3. The predicted molar refractivity (Wildman–Crippen MR) is 173 cm³/mol. The minimum atomic E-state index is -1.15. The van der Waals surface area contributed by atoms with Crippen molar-refractivity contribution in [3.8, 4) is 0 Å². The highest BCUT2D eigenvalue weighted by Gasteiger charge is 2.27. The van der Waals surface area contributed by atoms with Crippen LogP contribution in [0.4, 0.5) is 0 Å². The summed E-state index contributed by atoms with van der Waals surface area (Å²) in [7, 11) is 6.93. The van der Waals surface area contributed by atoms with Gasteiger partial charge in [-0.25, -0.2) is 9.59 Å². The van der Waals surface area contributed by atoms with Crippen LogP contribution in [0, 0.1) is 0 Å². The molecule has 2 heterocycles. The van der Waals surface area contributed by atoms with Gasteiger partial charge in [0, 0.05) is 46.0 Å². The molecule has 0 spiro atoms. The monoisotopic (exact) mass is 630 g/mol. The second-order valence-corrected chi connectivity index (χ2v) is 11.1. The van der Waals surface area contributed by atoms with E-state index in [2.05, 4.69) is 9.97 Å². The van der Waals surface area contributed by atoms with Crippen LogP contribution in [0.5, 0.6) is 0 Å². The van der Waals surface area contributed by atoms with Gasteiger partial charge >= 0.3 is 11.9 Å². The topological polar surface area (TPSA) is 84.9 Å². The van der Waals surface area contributed by atoms with Crippen molar-refractivity contribution in [3.05, 3.63) is 142 Å². The second kappa shape index (κ2) is 15.4. The van der Waals surface area contributed by atoms with Crippen LogP contribution in [0.3, 0.4) is 0 Å². The normalized spacial score (nSPS) is 13.5. The largest absolute Gasteiger partial charge is 0.434 e. The Morgan fingerprint density at radius 1 is 0.636 bits per heavy atom. The number of aromatic nitrogens is 2. The van der Waals surface area contributed by atoms with Crippen LogP contribution in [0.1, 0.15) is 22.3 Å². The summed E-state index contributed by atoms with van der Waals surface area (Å²) in [5.41, 5.74) is 4.58. The molecule has 2 atom stereocenters. The van der Waals surface area contributed by atoms with Gasteiger partial charge in [-0.1, -0.05) is 59.6 Å². The number of rotatable bonds is 10. The number of esters is 2. The van der Waals surface area contributed by atoms with Crippen LogP contribution in [0.15, 0.2) is 110 Å². The van der Waals surface area contributed by atoms with Gasteiger partial charge in [0.15, 0.2) is 12.5 Å². The van der Waals surface area contributed by atoms with E-state index in [1.54, 1.807) is 111 Å². The summed E-state index contributed by atoms with van der Waals surface area (Å²) in [5.74, 6) is -2.30. The maximum Gasteiger partial charge on any atom is 0.419 e. The van der Waals surface area contributed by atoms with Gasteiger partial charge in [0.1, 0.15) is 0 Å². The van der Waals surface area contributed by atoms with Gasteiger partial charge in [-0.15, -0.1) is 0 Å². The Bertz CT molecular complexity index is 1520. The molecule has 4 rings (SSSR count). The van der Waals surface area contributed by atoms with Crippen molar-refractivity contribution in [2.75, 3.05) is 28.2 Å². The average Bonchev–Trinajstić information content (AvgIpc) is 3.01. The smallest absolute Gasteiger partial charge is 0.419 e. The van der Waals surface area contributed by atoms with Gasteiger partial charge in [0.05, 0.1) is 0 Å². The van der Waals surface area contributed by atoms with E-state index in [1.165, 1.54) is 0 Å². The highest BCUT2D eigenvalue weighted by atomic mass is 35.5. The number of benzene rings is 2. The maximum absolute atomic E-state index is 13.1. The predicted octanol–water partition coefficient (Wildman–Crippen LogP) is 6.21. The van der Waals surface area contributed by atoms with E-state index >= 15 is 0 Å². The Balaban J connectivity index is 1.62. The van der Waals surface area contributed by atoms with Crippen LogP contribution in [0.2, 0.25) is 10.0 Å². The number of hydrogen-bond acceptors (Lipinski definition) is 8. The number of pyridine rings is 2. The SMILES string of the molecule is CN(C)C(/C=C(\c1cccnc1)c1cccc(Cl)c1)OC(=O)C(=O)OC(/C=C(\c1cccnc1)c1cccc(Cl)c1)N(C)C. The minimum absolute atomic E-state index is 0.547. The summed E-state index contributed by atoms with van der Waals surface area (Å²) in [6.07, 6.45) is 8.35. The first-order valence-electron chi connectivity index (χ1n) is 13.6. The van der Waals surface area contributed by atoms with Gasteiger partial charge in [0.2, 0.25) is 0 Å². The molecule has 0 aliphatic heterocycles. The molecule has 8 nitrogen and oxygen atoms in total. The Hall–Kier alpha value is -4.34. The van der Waals surface area contributed by atoms with Gasteiger partial charge in [-0.3, -0.25) is 19.8 Å². The molecule has 0 N–H and O–H groups in total. The molecule has 226 valence electrons. The third-order valence-corrected chi connectivity index (χ3v) is 6.95. The summed E-state index contributed by atoms with van der Waals surface area (Å²) in [5, 5.41) is 1.09. The Morgan fingerprint density at radius 2 is 1.02 bits per heavy atom. The molecule has 0 bridgehead atoms. The average molecular weight is 632 g/mol. The quantitative estimate of drug-likeness (QED) is 0.116. The van der Waals surface area contributed by atoms with Crippen molar-refractivity contribution in [3.63, 3.8) is 0 Å². The van der Waals surface area contributed by atoms with E-state index in [1.807, 2.05) is 36.4 Å². The zero-order chi connectivity index (χ0) is 31.6. The number of hydrogen-bond donors (Lipinski definition) is 0. The molecule has 4 aromatic rings. The lowest BCUT2D eigenvalue weighted by molar-refractivity contribution is -0.178. The highest BCUT2D eigenvalue weighted by molar-refractivity contribution is 6.31. The van der Waals surface area contributed by atoms with Gasteiger partial charge in [-0.2, -0.15) is 0 Å². The molecule has 0 amide bonds. The van der Waals surface area contributed by atoms with Crippen LogP contribution in [0.25, 0.3) is 11.1 Å². The molecule has 0 saturated heterocycles. The van der Waals surface area contributed by atoms with Crippen molar-refractivity contribution < 1.29 is 19.1 Å². The molecule has 2 aromatic carbocycles. The van der Waals surface area contributed by atoms with Crippen molar-refractivity contribution in [1.29, 1.82) is 0 Å². The zero-order valence-corrected chi connectivity index (χ0v) is 26.2. The molecular weight excluding hydrogens is 599 g/mol. The zero-order valence-electron chi connectivity index (χ0n) is 24.7. The van der Waals surface area contributed by atoms with Crippen molar-refractivity contribution in [2.24, 2.45) is 0 Å². The first-order chi connectivity index (χ1) is 21.1. The fourth-order valence-electron chi connectivity index (χ4n) is 4.25. The number of carbonyl (C=O) groups excluding carboxylic acids is 2. The molecule has 2 aromatic heterocycles. The molecule has 0 radical (unpaired) electrons. The molecule has 0 aliphatic rings. The van der Waals surface area contributed by atoms with E-state index in [4.69, 9.17) is 32.7 Å². The minimum Gasteiger partial charge on any atom is -0.434 e. The molecule has 0 aliphatic carbocycles. The first-order valence-corrected chi connectivity index (χ1v) is 14.4.